The van der Waals surface area contributed by atoms with E-state index in [9.17, 15) is 18.0 Å². The lowest BCUT2D eigenvalue weighted by Gasteiger charge is -2.36. The number of anilines is 1. The highest BCUT2D eigenvalue weighted by molar-refractivity contribution is 5.79. The molecule has 0 spiro atoms. The van der Waals surface area contributed by atoms with E-state index in [0.717, 1.165) is 12.1 Å². The van der Waals surface area contributed by atoms with Gasteiger partial charge in [-0.2, -0.15) is 13.2 Å². The maximum Gasteiger partial charge on any atom is 0.416 e. The molecular weight excluding hydrogens is 323 g/mol. The average Bonchev–Trinajstić information content (AvgIpc) is 2.61. The Labute approximate surface area is 138 Å². The molecule has 1 aromatic rings. The maximum absolute atomic E-state index is 12.8. The normalized spacial score (nSPS) is 20.3. The first-order valence-electron chi connectivity index (χ1n) is 8.10. The number of aromatic nitrogens is 1. The number of amides is 1. The second kappa shape index (κ2) is 6.96. The van der Waals surface area contributed by atoms with Crippen LogP contribution in [-0.2, 0) is 15.7 Å². The van der Waals surface area contributed by atoms with Crippen molar-refractivity contribution in [3.8, 4) is 0 Å². The number of nitrogens with zero attached hydrogens (tertiary/aromatic N) is 3. The van der Waals surface area contributed by atoms with Gasteiger partial charge < -0.3 is 14.5 Å². The van der Waals surface area contributed by atoms with Gasteiger partial charge in [0.05, 0.1) is 18.8 Å². The van der Waals surface area contributed by atoms with Gasteiger partial charge in [-0.3, -0.25) is 4.79 Å². The fourth-order valence-electron chi connectivity index (χ4n) is 3.17. The van der Waals surface area contributed by atoms with Crippen molar-refractivity contribution in [1.82, 2.24) is 9.88 Å². The average molecular weight is 343 g/mol. The lowest BCUT2D eigenvalue weighted by Crippen LogP contribution is -2.47. The molecule has 3 heterocycles. The predicted molar refractivity (Wildman–Crippen MR) is 81.6 cm³/mol. The van der Waals surface area contributed by atoms with Gasteiger partial charge in [-0.05, 0) is 25.0 Å². The zero-order chi connectivity index (χ0) is 17.2. The Hall–Kier alpha value is -1.83. The molecule has 0 atom stereocenters. The van der Waals surface area contributed by atoms with Crippen LogP contribution in [0, 0.1) is 5.92 Å². The topological polar surface area (TPSA) is 45.7 Å². The highest BCUT2D eigenvalue weighted by atomic mass is 19.4. The van der Waals surface area contributed by atoms with Crippen LogP contribution in [0.4, 0.5) is 19.0 Å². The van der Waals surface area contributed by atoms with Crippen LogP contribution in [0.3, 0.4) is 0 Å². The van der Waals surface area contributed by atoms with Crippen molar-refractivity contribution in [2.75, 3.05) is 44.3 Å². The third kappa shape index (κ3) is 3.80. The van der Waals surface area contributed by atoms with Gasteiger partial charge in [0, 0.05) is 38.3 Å². The summed E-state index contributed by atoms with van der Waals surface area (Å²) in [4.78, 5) is 20.2. The number of piperidine rings is 1. The fraction of sp³-hybridized carbons (Fsp3) is 0.625. The summed E-state index contributed by atoms with van der Waals surface area (Å²) < 4.78 is 43.7. The largest absolute Gasteiger partial charge is 0.416 e. The smallest absolute Gasteiger partial charge is 0.378 e. The van der Waals surface area contributed by atoms with Crippen LogP contribution in [0.5, 0.6) is 0 Å². The first-order valence-corrected chi connectivity index (χ1v) is 8.10. The van der Waals surface area contributed by atoms with Crippen LogP contribution in [0.25, 0.3) is 0 Å². The second-order valence-electron chi connectivity index (χ2n) is 6.10. The molecule has 2 saturated heterocycles. The summed E-state index contributed by atoms with van der Waals surface area (Å²) in [5, 5.41) is 0. The molecule has 0 aliphatic carbocycles. The molecule has 0 unspecified atom stereocenters. The number of carbonyl (C=O) groups excluding carboxylic acids is 1. The number of carbonyl (C=O) groups is 1. The number of ether oxygens (including phenoxy) is 1. The Morgan fingerprint density at radius 3 is 2.46 bits per heavy atom. The van der Waals surface area contributed by atoms with Crippen LogP contribution >= 0.6 is 0 Å². The van der Waals surface area contributed by atoms with Crippen molar-refractivity contribution in [2.24, 2.45) is 5.92 Å². The van der Waals surface area contributed by atoms with Crippen molar-refractivity contribution in [3.05, 3.63) is 23.9 Å². The molecule has 5 nitrogen and oxygen atoms in total. The Morgan fingerprint density at radius 2 is 1.83 bits per heavy atom. The number of hydrogen-bond donors (Lipinski definition) is 0. The molecular formula is C16H20F3N3O2. The number of pyridine rings is 1. The summed E-state index contributed by atoms with van der Waals surface area (Å²) in [6.45, 7) is 3.45. The number of hydrogen-bond acceptors (Lipinski definition) is 4. The molecule has 2 aliphatic heterocycles. The minimum Gasteiger partial charge on any atom is -0.378 e. The third-order valence-electron chi connectivity index (χ3n) is 4.56. The quantitative estimate of drug-likeness (QED) is 0.826. The van der Waals surface area contributed by atoms with Gasteiger partial charge >= 0.3 is 6.18 Å². The zero-order valence-corrected chi connectivity index (χ0v) is 13.3. The molecule has 132 valence electrons. The number of alkyl halides is 3. The van der Waals surface area contributed by atoms with Crippen LogP contribution in [0.1, 0.15) is 18.4 Å². The van der Waals surface area contributed by atoms with Crippen LogP contribution in [0.2, 0.25) is 0 Å². The van der Waals surface area contributed by atoms with Crippen LogP contribution in [0.15, 0.2) is 18.3 Å². The molecule has 1 amide bonds. The minimum atomic E-state index is -4.37. The molecule has 0 N–H and O–H groups in total. The lowest BCUT2D eigenvalue weighted by atomic mass is 9.95. The summed E-state index contributed by atoms with van der Waals surface area (Å²) in [5.41, 5.74) is -0.695. The third-order valence-corrected chi connectivity index (χ3v) is 4.56. The molecule has 0 radical (unpaired) electrons. The van der Waals surface area contributed by atoms with E-state index in [4.69, 9.17) is 4.74 Å². The Morgan fingerprint density at radius 1 is 1.17 bits per heavy atom. The van der Waals surface area contributed by atoms with Gasteiger partial charge in [0.25, 0.3) is 0 Å². The van der Waals surface area contributed by atoms with Crippen molar-refractivity contribution in [2.45, 2.75) is 19.0 Å². The molecule has 8 heteroatoms. The zero-order valence-electron chi connectivity index (χ0n) is 13.3. The number of rotatable bonds is 2. The molecule has 0 saturated carbocycles. The molecule has 1 aromatic heterocycles. The van der Waals surface area contributed by atoms with Gasteiger partial charge in [0.15, 0.2) is 0 Å². The second-order valence-corrected chi connectivity index (χ2v) is 6.10. The highest BCUT2D eigenvalue weighted by Crippen LogP contribution is 2.32. The van der Waals surface area contributed by atoms with E-state index >= 15 is 0 Å². The highest BCUT2D eigenvalue weighted by Gasteiger charge is 2.33. The van der Waals surface area contributed by atoms with Gasteiger partial charge in [-0.15, -0.1) is 0 Å². The van der Waals surface area contributed by atoms with E-state index in [1.165, 1.54) is 6.20 Å². The maximum atomic E-state index is 12.8. The van der Waals surface area contributed by atoms with E-state index in [-0.39, 0.29) is 11.8 Å². The van der Waals surface area contributed by atoms with E-state index in [1.807, 2.05) is 9.80 Å². The molecule has 2 fully saturated rings. The van der Waals surface area contributed by atoms with Crippen molar-refractivity contribution < 1.29 is 22.7 Å². The van der Waals surface area contributed by atoms with Crippen molar-refractivity contribution >= 4 is 11.7 Å². The summed E-state index contributed by atoms with van der Waals surface area (Å²) in [6.07, 6.45) is -1.92. The standard InChI is InChI=1S/C16H20F3N3O2/c17-16(18,19)13-1-4-20-14(11-13)21-5-2-12(3-6-21)15(23)22-7-9-24-10-8-22/h1,4,11-12H,2-3,5-10H2. The lowest BCUT2D eigenvalue weighted by molar-refractivity contribution is -0.140. The summed E-state index contributed by atoms with van der Waals surface area (Å²) in [7, 11) is 0. The summed E-state index contributed by atoms with van der Waals surface area (Å²) in [5.74, 6) is 0.391. The molecule has 3 rings (SSSR count). The fourth-order valence-corrected chi connectivity index (χ4v) is 3.17. The van der Waals surface area contributed by atoms with E-state index in [2.05, 4.69) is 4.98 Å². The Bertz CT molecular complexity index is 580. The van der Waals surface area contributed by atoms with E-state index < -0.39 is 11.7 Å². The van der Waals surface area contributed by atoms with Gasteiger partial charge in [-0.25, -0.2) is 4.98 Å². The Kier molecular flexibility index (Phi) is 4.93. The molecule has 0 bridgehead atoms. The van der Waals surface area contributed by atoms with Gasteiger partial charge in [0.1, 0.15) is 5.82 Å². The molecule has 0 aromatic carbocycles. The van der Waals surface area contributed by atoms with Gasteiger partial charge in [0.2, 0.25) is 5.91 Å². The van der Waals surface area contributed by atoms with E-state index in [0.29, 0.717) is 58.1 Å². The SMILES string of the molecule is O=C(C1CCN(c2cc(C(F)(F)F)ccn2)CC1)N1CCOCC1. The van der Waals surface area contributed by atoms with E-state index in [1.54, 1.807) is 0 Å². The summed E-state index contributed by atoms with van der Waals surface area (Å²) >= 11 is 0. The van der Waals surface area contributed by atoms with Crippen molar-refractivity contribution in [3.63, 3.8) is 0 Å². The van der Waals surface area contributed by atoms with Crippen molar-refractivity contribution in [1.29, 1.82) is 0 Å². The van der Waals surface area contributed by atoms with Gasteiger partial charge in [-0.1, -0.05) is 0 Å². The Balaban J connectivity index is 1.60. The predicted octanol–water partition coefficient (Wildman–Crippen LogP) is 2.18. The first kappa shape index (κ1) is 17.0. The van der Waals surface area contributed by atoms with Crippen LogP contribution < -0.4 is 4.90 Å². The van der Waals surface area contributed by atoms with Crippen LogP contribution in [-0.4, -0.2) is 55.2 Å². The number of morpholine rings is 1. The molecule has 24 heavy (non-hydrogen) atoms. The first-order chi connectivity index (χ1) is 11.4. The molecule has 2 aliphatic rings. The number of halogens is 3. The summed E-state index contributed by atoms with van der Waals surface area (Å²) in [6, 6.07) is 2.04. The monoisotopic (exact) mass is 343 g/mol. The minimum absolute atomic E-state index is 0.0647.